The fourth-order valence-electron chi connectivity index (χ4n) is 2.84. The van der Waals surface area contributed by atoms with Gasteiger partial charge in [0.15, 0.2) is 6.10 Å². The highest BCUT2D eigenvalue weighted by atomic mass is 16.6. The lowest BCUT2D eigenvalue weighted by molar-refractivity contribution is -0.143. The Kier molecular flexibility index (Phi) is 5.52. The van der Waals surface area contributed by atoms with Gasteiger partial charge in [0.25, 0.3) is 5.89 Å². The van der Waals surface area contributed by atoms with Crippen LogP contribution in [0.1, 0.15) is 24.6 Å². The molecule has 0 N–H and O–H groups in total. The zero-order chi connectivity index (χ0) is 20.9. The molecule has 2 aromatic heterocycles. The molecule has 0 radical (unpaired) electrons. The van der Waals surface area contributed by atoms with Crippen molar-refractivity contribution < 1.29 is 18.7 Å². The van der Waals surface area contributed by atoms with Crippen molar-refractivity contribution in [2.75, 3.05) is 7.11 Å². The number of fused-ring (bicyclic) bond motifs is 1. The molecule has 0 aliphatic heterocycles. The first kappa shape index (κ1) is 19.3. The first-order valence-electron chi connectivity index (χ1n) is 9.35. The average Bonchev–Trinajstić information content (AvgIpc) is 3.28. The summed E-state index contributed by atoms with van der Waals surface area (Å²) in [6, 6.07) is 18.8. The van der Waals surface area contributed by atoms with Gasteiger partial charge in [-0.3, -0.25) is 0 Å². The van der Waals surface area contributed by atoms with Crippen LogP contribution in [0.3, 0.4) is 0 Å². The van der Waals surface area contributed by atoms with Crippen LogP contribution in [0.15, 0.2) is 71.2 Å². The minimum Gasteiger partial charge on any atom is -0.497 e. The number of para-hydroxylation sites is 1. The number of esters is 1. The third-order valence-electron chi connectivity index (χ3n) is 4.43. The molecule has 2 heterocycles. The van der Waals surface area contributed by atoms with Crippen LogP contribution in [0.25, 0.3) is 28.4 Å². The van der Waals surface area contributed by atoms with Crippen molar-refractivity contribution in [1.82, 2.24) is 15.2 Å². The molecular weight excluding hydrogens is 382 g/mol. The van der Waals surface area contributed by atoms with Crippen LogP contribution in [0.4, 0.5) is 0 Å². The lowest BCUT2D eigenvalue weighted by Crippen LogP contribution is -2.06. The predicted molar refractivity (Wildman–Crippen MR) is 112 cm³/mol. The molecule has 30 heavy (non-hydrogen) atoms. The van der Waals surface area contributed by atoms with Gasteiger partial charge in [-0.15, -0.1) is 10.2 Å². The molecule has 0 saturated carbocycles. The highest BCUT2D eigenvalue weighted by molar-refractivity contribution is 5.87. The maximum Gasteiger partial charge on any atom is 0.331 e. The number of nitrogens with zero attached hydrogens (tertiary/aromatic N) is 3. The van der Waals surface area contributed by atoms with E-state index in [1.54, 1.807) is 32.2 Å². The van der Waals surface area contributed by atoms with Crippen molar-refractivity contribution in [3.8, 4) is 17.2 Å². The summed E-state index contributed by atoms with van der Waals surface area (Å²) in [5, 5.41) is 9.03. The molecule has 7 nitrogen and oxygen atoms in total. The fourth-order valence-corrected chi connectivity index (χ4v) is 2.84. The van der Waals surface area contributed by atoms with E-state index in [0.29, 0.717) is 11.6 Å². The van der Waals surface area contributed by atoms with E-state index in [0.717, 1.165) is 22.2 Å². The Morgan fingerprint density at radius 2 is 1.83 bits per heavy atom. The lowest BCUT2D eigenvalue weighted by Gasteiger charge is -2.06. The van der Waals surface area contributed by atoms with Crippen LogP contribution in [0, 0.1) is 0 Å². The first-order chi connectivity index (χ1) is 14.6. The standard InChI is InChI=1S/C23H19N3O4/c1-15(22-25-26-23(30-22)17-8-12-19(28-2)13-9-17)29-21(27)14-11-18-10-7-16-5-3-4-6-20(16)24-18/h3-15H,1-2H3/b14-11+/t15-/m0/s1. The van der Waals surface area contributed by atoms with E-state index in [9.17, 15) is 4.79 Å². The molecule has 4 aromatic rings. The Labute approximate surface area is 173 Å². The molecule has 0 bridgehead atoms. The molecule has 0 saturated heterocycles. The molecule has 0 aliphatic rings. The van der Waals surface area contributed by atoms with Gasteiger partial charge in [0.2, 0.25) is 5.89 Å². The zero-order valence-electron chi connectivity index (χ0n) is 16.5. The van der Waals surface area contributed by atoms with Crippen LogP contribution < -0.4 is 4.74 Å². The lowest BCUT2D eigenvalue weighted by atomic mass is 10.2. The summed E-state index contributed by atoms with van der Waals surface area (Å²) in [7, 11) is 1.60. The number of carbonyl (C=O) groups excluding carboxylic acids is 1. The highest BCUT2D eigenvalue weighted by Gasteiger charge is 2.18. The van der Waals surface area contributed by atoms with Crippen LogP contribution in [0.5, 0.6) is 5.75 Å². The summed E-state index contributed by atoms with van der Waals surface area (Å²) in [4.78, 5) is 16.7. The Morgan fingerprint density at radius 1 is 1.03 bits per heavy atom. The number of ether oxygens (including phenoxy) is 2. The number of pyridine rings is 1. The van der Waals surface area contributed by atoms with E-state index in [1.807, 2.05) is 48.5 Å². The number of carbonyl (C=O) groups is 1. The maximum atomic E-state index is 12.2. The normalized spacial score (nSPS) is 12.2. The first-order valence-corrected chi connectivity index (χ1v) is 9.35. The molecule has 2 aromatic carbocycles. The summed E-state index contributed by atoms with van der Waals surface area (Å²) < 4.78 is 16.1. The second-order valence-corrected chi connectivity index (χ2v) is 6.52. The topological polar surface area (TPSA) is 87.3 Å². The Bertz CT molecular complexity index is 1200. The van der Waals surface area contributed by atoms with Gasteiger partial charge in [0.1, 0.15) is 5.75 Å². The molecule has 0 fully saturated rings. The average molecular weight is 401 g/mol. The SMILES string of the molecule is COc1ccc(-c2nnc([C@H](C)OC(=O)/C=C/c3ccc4ccccc4n3)o2)cc1. The molecule has 150 valence electrons. The van der Waals surface area contributed by atoms with Gasteiger partial charge < -0.3 is 13.9 Å². The van der Waals surface area contributed by atoms with Crippen LogP contribution >= 0.6 is 0 Å². The number of hydrogen-bond acceptors (Lipinski definition) is 7. The zero-order valence-corrected chi connectivity index (χ0v) is 16.5. The van der Waals surface area contributed by atoms with E-state index < -0.39 is 12.1 Å². The number of methoxy groups -OCH3 is 1. The monoisotopic (exact) mass is 401 g/mol. The van der Waals surface area contributed by atoms with Gasteiger partial charge in [-0.05, 0) is 49.4 Å². The van der Waals surface area contributed by atoms with Crippen LogP contribution in [-0.2, 0) is 9.53 Å². The van der Waals surface area contributed by atoms with Gasteiger partial charge in [-0.2, -0.15) is 0 Å². The van der Waals surface area contributed by atoms with E-state index in [1.165, 1.54) is 6.08 Å². The van der Waals surface area contributed by atoms with Crippen molar-refractivity contribution in [2.24, 2.45) is 0 Å². The Morgan fingerprint density at radius 3 is 2.63 bits per heavy atom. The molecular formula is C23H19N3O4. The van der Waals surface area contributed by atoms with Gasteiger partial charge in [-0.1, -0.05) is 24.3 Å². The van der Waals surface area contributed by atoms with Gasteiger partial charge >= 0.3 is 5.97 Å². The fraction of sp³-hybridized carbons (Fsp3) is 0.130. The number of benzene rings is 2. The predicted octanol–water partition coefficient (Wildman–Crippen LogP) is 4.61. The van der Waals surface area contributed by atoms with E-state index in [4.69, 9.17) is 13.9 Å². The third-order valence-corrected chi connectivity index (χ3v) is 4.43. The van der Waals surface area contributed by atoms with Crippen molar-refractivity contribution in [3.63, 3.8) is 0 Å². The van der Waals surface area contributed by atoms with Crippen LogP contribution in [-0.4, -0.2) is 28.3 Å². The number of rotatable bonds is 6. The van der Waals surface area contributed by atoms with Crippen molar-refractivity contribution in [2.45, 2.75) is 13.0 Å². The molecule has 0 spiro atoms. The summed E-state index contributed by atoms with van der Waals surface area (Å²) in [5.74, 6) is 0.757. The largest absolute Gasteiger partial charge is 0.497 e. The van der Waals surface area contributed by atoms with Crippen molar-refractivity contribution in [1.29, 1.82) is 0 Å². The number of aromatic nitrogens is 3. The smallest absolute Gasteiger partial charge is 0.331 e. The molecule has 0 amide bonds. The summed E-state index contributed by atoms with van der Waals surface area (Å²) in [6.45, 7) is 1.67. The molecule has 1 atom stereocenters. The Balaban J connectivity index is 1.40. The quantitative estimate of drug-likeness (QED) is 0.344. The minimum atomic E-state index is -0.689. The van der Waals surface area contributed by atoms with E-state index in [-0.39, 0.29) is 5.89 Å². The second-order valence-electron chi connectivity index (χ2n) is 6.52. The molecule has 7 heteroatoms. The van der Waals surface area contributed by atoms with Gasteiger partial charge in [0, 0.05) is 17.0 Å². The van der Waals surface area contributed by atoms with Gasteiger partial charge in [0.05, 0.1) is 18.3 Å². The molecule has 0 aliphatic carbocycles. The van der Waals surface area contributed by atoms with Crippen molar-refractivity contribution in [3.05, 3.63) is 78.3 Å². The summed E-state index contributed by atoms with van der Waals surface area (Å²) >= 11 is 0. The van der Waals surface area contributed by atoms with Crippen LogP contribution in [0.2, 0.25) is 0 Å². The van der Waals surface area contributed by atoms with Gasteiger partial charge in [-0.25, -0.2) is 9.78 Å². The minimum absolute atomic E-state index is 0.214. The molecule has 0 unspecified atom stereocenters. The maximum absolute atomic E-state index is 12.2. The Hall–Kier alpha value is -4.00. The summed E-state index contributed by atoms with van der Waals surface area (Å²) in [5.41, 5.74) is 2.27. The second kappa shape index (κ2) is 8.57. The molecule has 4 rings (SSSR count). The highest BCUT2D eigenvalue weighted by Crippen LogP contribution is 2.24. The van der Waals surface area contributed by atoms with E-state index >= 15 is 0 Å². The summed E-state index contributed by atoms with van der Waals surface area (Å²) in [6.07, 6.45) is 2.25. The van der Waals surface area contributed by atoms with Crippen molar-refractivity contribution >= 4 is 22.9 Å². The third kappa shape index (κ3) is 4.35. The van der Waals surface area contributed by atoms with E-state index in [2.05, 4.69) is 15.2 Å². The number of hydrogen-bond donors (Lipinski definition) is 0.